The molecule has 3 heterocycles. The number of nitrogens with one attached hydrogen (secondary N) is 1. The summed E-state index contributed by atoms with van der Waals surface area (Å²) in [5, 5.41) is 17.4. The molecular weight excluding hydrogens is 558 g/mol. The van der Waals surface area contributed by atoms with Crippen molar-refractivity contribution in [2.75, 3.05) is 13.2 Å². The largest absolute Gasteiger partial charge is 0.506 e. The maximum absolute atomic E-state index is 12.8. The predicted octanol–water partition coefficient (Wildman–Crippen LogP) is 6.61. The molecule has 0 atom stereocenters. The van der Waals surface area contributed by atoms with E-state index in [9.17, 15) is 14.7 Å². The smallest absolute Gasteiger partial charge is 0.344 e. The number of benzene rings is 2. The number of thiophene rings is 1. The SMILES string of the molecule is CCOC(=O)C1=C(O)/C(=C/c2cn(CC(=O)NCc3cccs3)c3ccccc23)SC1=Nc1ccc(OCC)cc1. The van der Waals surface area contributed by atoms with Gasteiger partial charge in [-0.15, -0.1) is 11.3 Å². The number of amides is 1. The van der Waals surface area contributed by atoms with Crippen LogP contribution in [0.25, 0.3) is 17.0 Å². The lowest BCUT2D eigenvalue weighted by atomic mass is 10.1. The average Bonchev–Trinajstić information content (AvgIpc) is 3.68. The van der Waals surface area contributed by atoms with Crippen LogP contribution in [0.2, 0.25) is 0 Å². The zero-order valence-electron chi connectivity index (χ0n) is 22.6. The molecule has 41 heavy (non-hydrogen) atoms. The maximum atomic E-state index is 12.8. The number of aliphatic imine (C=N–C) groups is 1. The van der Waals surface area contributed by atoms with Crippen molar-refractivity contribution in [2.45, 2.75) is 26.9 Å². The van der Waals surface area contributed by atoms with E-state index in [2.05, 4.69) is 10.3 Å². The van der Waals surface area contributed by atoms with Crippen molar-refractivity contribution in [1.82, 2.24) is 9.88 Å². The summed E-state index contributed by atoms with van der Waals surface area (Å²) in [6.07, 6.45) is 3.68. The minimum absolute atomic E-state index is 0.0219. The molecule has 8 nitrogen and oxygen atoms in total. The molecule has 5 rings (SSSR count). The standard InChI is InChI=1S/C31H29N3O5S2/c1-3-38-22-13-11-21(12-14-22)33-30-28(31(37)39-4-2)29(36)26(41-30)16-20-18-34(25-10-6-5-9-24(20)25)19-27(35)32-17-23-8-7-15-40-23/h5-16,18,36H,3-4,17,19H2,1-2H3,(H,32,35)/b26-16-,33-30?. The van der Waals surface area contributed by atoms with Crippen molar-refractivity contribution in [3.8, 4) is 5.75 Å². The number of carbonyl (C=O) groups excluding carboxylic acids is 2. The number of esters is 1. The summed E-state index contributed by atoms with van der Waals surface area (Å²) in [5.74, 6) is -0.221. The number of fused-ring (bicyclic) bond motifs is 1. The van der Waals surface area contributed by atoms with Crippen molar-refractivity contribution < 1.29 is 24.2 Å². The van der Waals surface area contributed by atoms with Gasteiger partial charge in [0.1, 0.15) is 28.7 Å². The van der Waals surface area contributed by atoms with Gasteiger partial charge in [0.2, 0.25) is 5.91 Å². The molecule has 10 heteroatoms. The Hall–Kier alpha value is -4.28. The molecule has 0 spiro atoms. The van der Waals surface area contributed by atoms with Gasteiger partial charge in [0.05, 0.1) is 30.4 Å². The normalized spacial score (nSPS) is 15.2. The van der Waals surface area contributed by atoms with Crippen molar-refractivity contribution in [3.05, 3.63) is 98.9 Å². The van der Waals surface area contributed by atoms with Gasteiger partial charge in [-0.25, -0.2) is 9.79 Å². The number of nitrogens with zero attached hydrogens (tertiary/aromatic N) is 2. The first-order chi connectivity index (χ1) is 20.0. The third-order valence-corrected chi connectivity index (χ3v) is 8.10. The van der Waals surface area contributed by atoms with Crippen LogP contribution in [0.1, 0.15) is 24.3 Å². The molecular formula is C31H29N3O5S2. The van der Waals surface area contributed by atoms with E-state index in [-0.39, 0.29) is 30.4 Å². The van der Waals surface area contributed by atoms with Crippen LogP contribution in [0.3, 0.4) is 0 Å². The van der Waals surface area contributed by atoms with Crippen LogP contribution in [0, 0.1) is 0 Å². The van der Waals surface area contributed by atoms with Crippen molar-refractivity contribution in [1.29, 1.82) is 0 Å². The Balaban J connectivity index is 1.45. The van der Waals surface area contributed by atoms with E-state index in [1.807, 2.05) is 65.5 Å². The van der Waals surface area contributed by atoms with Crippen LogP contribution in [-0.2, 0) is 27.4 Å². The highest BCUT2D eigenvalue weighted by Gasteiger charge is 2.33. The van der Waals surface area contributed by atoms with Crippen LogP contribution in [0.5, 0.6) is 5.75 Å². The topological polar surface area (TPSA) is 102 Å². The average molecular weight is 588 g/mol. The number of aliphatic hydroxyl groups is 1. The Morgan fingerprint density at radius 2 is 1.85 bits per heavy atom. The quantitative estimate of drug-likeness (QED) is 0.203. The highest BCUT2D eigenvalue weighted by Crippen LogP contribution is 2.41. The summed E-state index contributed by atoms with van der Waals surface area (Å²) >= 11 is 2.79. The van der Waals surface area contributed by atoms with Gasteiger partial charge in [-0.3, -0.25) is 4.79 Å². The second-order valence-corrected chi connectivity index (χ2v) is 11.0. The van der Waals surface area contributed by atoms with Gasteiger partial charge in [0, 0.05) is 27.5 Å². The Bertz CT molecular complexity index is 1650. The third-order valence-electron chi connectivity index (χ3n) is 6.21. The number of rotatable bonds is 10. The Labute approximate surface area is 246 Å². The molecule has 0 saturated carbocycles. The highest BCUT2D eigenvalue weighted by molar-refractivity contribution is 8.18. The number of thioether (sulfide) groups is 1. The Morgan fingerprint density at radius 3 is 2.59 bits per heavy atom. The van der Waals surface area contributed by atoms with Crippen LogP contribution < -0.4 is 10.1 Å². The number of ether oxygens (including phenoxy) is 2. The van der Waals surface area contributed by atoms with Crippen LogP contribution in [0.15, 0.2) is 93.5 Å². The number of para-hydroxylation sites is 1. The third kappa shape index (κ3) is 6.55. The zero-order chi connectivity index (χ0) is 28.8. The molecule has 2 aromatic carbocycles. The van der Waals surface area contributed by atoms with Crippen molar-refractivity contribution in [3.63, 3.8) is 0 Å². The van der Waals surface area contributed by atoms with Gasteiger partial charge in [-0.1, -0.05) is 36.0 Å². The molecule has 210 valence electrons. The Morgan fingerprint density at radius 1 is 1.05 bits per heavy atom. The molecule has 0 saturated heterocycles. The molecule has 1 aliphatic heterocycles. The summed E-state index contributed by atoms with van der Waals surface area (Å²) < 4.78 is 12.6. The lowest BCUT2D eigenvalue weighted by molar-refractivity contribution is -0.138. The molecule has 0 bridgehead atoms. The summed E-state index contributed by atoms with van der Waals surface area (Å²) in [7, 11) is 0. The van der Waals surface area contributed by atoms with Crippen LogP contribution >= 0.6 is 23.1 Å². The molecule has 1 aliphatic rings. The maximum Gasteiger partial charge on any atom is 0.344 e. The monoisotopic (exact) mass is 587 g/mol. The van der Waals surface area contributed by atoms with E-state index in [0.29, 0.717) is 28.8 Å². The van der Waals surface area contributed by atoms with Gasteiger partial charge in [-0.2, -0.15) is 0 Å². The van der Waals surface area contributed by atoms with E-state index < -0.39 is 5.97 Å². The molecule has 2 N–H and O–H groups in total. The van der Waals surface area contributed by atoms with Gasteiger partial charge in [-0.05, 0) is 61.7 Å². The number of hydrogen-bond donors (Lipinski definition) is 2. The second kappa shape index (κ2) is 12.9. The van der Waals surface area contributed by atoms with Crippen LogP contribution in [-0.4, -0.2) is 39.8 Å². The number of carbonyl (C=O) groups is 2. The first-order valence-corrected chi connectivity index (χ1v) is 14.9. The van der Waals surface area contributed by atoms with E-state index in [0.717, 1.165) is 27.1 Å². The van der Waals surface area contributed by atoms with E-state index in [4.69, 9.17) is 9.47 Å². The minimum Gasteiger partial charge on any atom is -0.506 e. The summed E-state index contributed by atoms with van der Waals surface area (Å²) in [6, 6.07) is 18.9. The summed E-state index contributed by atoms with van der Waals surface area (Å²) in [5.41, 5.74) is 2.31. The van der Waals surface area contributed by atoms with Gasteiger partial charge in [0.15, 0.2) is 0 Å². The number of aromatic nitrogens is 1. The van der Waals surface area contributed by atoms with E-state index in [1.165, 1.54) is 11.8 Å². The van der Waals surface area contributed by atoms with Gasteiger partial charge < -0.3 is 24.5 Å². The van der Waals surface area contributed by atoms with E-state index >= 15 is 0 Å². The molecule has 0 radical (unpaired) electrons. The molecule has 4 aromatic rings. The van der Waals surface area contributed by atoms with Crippen LogP contribution in [0.4, 0.5) is 5.69 Å². The molecule has 0 fully saturated rings. The van der Waals surface area contributed by atoms with E-state index in [1.54, 1.807) is 42.5 Å². The lowest BCUT2D eigenvalue weighted by Crippen LogP contribution is -2.26. The zero-order valence-corrected chi connectivity index (χ0v) is 24.3. The summed E-state index contributed by atoms with van der Waals surface area (Å²) in [4.78, 5) is 31.8. The molecule has 0 unspecified atom stereocenters. The minimum atomic E-state index is -0.643. The first kappa shape index (κ1) is 28.3. The van der Waals surface area contributed by atoms with Crippen molar-refractivity contribution >= 4 is 62.7 Å². The Kier molecular flexibility index (Phi) is 8.91. The number of hydrogen-bond acceptors (Lipinski definition) is 8. The molecule has 1 amide bonds. The first-order valence-electron chi connectivity index (χ1n) is 13.2. The predicted molar refractivity (Wildman–Crippen MR) is 165 cm³/mol. The summed E-state index contributed by atoms with van der Waals surface area (Å²) in [6.45, 7) is 4.96. The number of aliphatic hydroxyl groups excluding tert-OH is 1. The fraction of sp³-hybridized carbons (Fsp3) is 0.194. The fourth-order valence-electron chi connectivity index (χ4n) is 4.36. The van der Waals surface area contributed by atoms with Gasteiger partial charge in [0.25, 0.3) is 0 Å². The lowest BCUT2D eigenvalue weighted by Gasteiger charge is -2.06. The second-order valence-electron chi connectivity index (χ2n) is 8.98. The molecule has 0 aliphatic carbocycles. The van der Waals surface area contributed by atoms with Gasteiger partial charge >= 0.3 is 5.97 Å². The highest BCUT2D eigenvalue weighted by atomic mass is 32.2. The van der Waals surface area contributed by atoms with Crippen molar-refractivity contribution in [2.24, 2.45) is 4.99 Å². The molecule has 2 aromatic heterocycles. The fourth-order valence-corrected chi connectivity index (χ4v) is 6.03.